The number of hydrogen-bond donors (Lipinski definition) is 1. The fourth-order valence-electron chi connectivity index (χ4n) is 2.24. The van der Waals surface area contributed by atoms with E-state index in [1.54, 1.807) is 20.8 Å². The zero-order valence-electron chi connectivity index (χ0n) is 18.8. The van der Waals surface area contributed by atoms with Gasteiger partial charge in [-0.2, -0.15) is 0 Å². The molecule has 0 fully saturated rings. The number of ether oxygens (including phenoxy) is 3. The van der Waals surface area contributed by atoms with Gasteiger partial charge in [0.2, 0.25) is 0 Å². The molecular formula is C19H39NO8Si. The molecule has 0 radical (unpaired) electrons. The van der Waals surface area contributed by atoms with E-state index in [0.29, 0.717) is 45.4 Å². The largest absolute Gasteiger partial charge is 0.501 e. The molecule has 0 aliphatic carbocycles. The molecule has 0 aromatic rings. The van der Waals surface area contributed by atoms with Gasteiger partial charge in [0.15, 0.2) is 0 Å². The van der Waals surface area contributed by atoms with E-state index in [2.05, 4.69) is 5.32 Å². The van der Waals surface area contributed by atoms with Gasteiger partial charge in [-0.3, -0.25) is 4.79 Å². The summed E-state index contributed by atoms with van der Waals surface area (Å²) in [7, 11) is -2.70. The molecule has 0 saturated heterocycles. The predicted octanol–water partition coefficient (Wildman–Crippen LogP) is 2.76. The topological polar surface area (TPSA) is 102 Å². The molecule has 9 nitrogen and oxygen atoms in total. The van der Waals surface area contributed by atoms with E-state index >= 15 is 0 Å². The van der Waals surface area contributed by atoms with E-state index in [1.807, 2.05) is 20.8 Å². The van der Waals surface area contributed by atoms with Gasteiger partial charge in [0.1, 0.15) is 6.61 Å². The molecule has 10 heteroatoms. The van der Waals surface area contributed by atoms with Crippen LogP contribution >= 0.6 is 0 Å². The van der Waals surface area contributed by atoms with Crippen LogP contribution in [0, 0.1) is 5.41 Å². The van der Waals surface area contributed by atoms with Crippen molar-refractivity contribution in [1.29, 1.82) is 0 Å². The first kappa shape index (κ1) is 27.8. The quantitative estimate of drug-likeness (QED) is 0.223. The van der Waals surface area contributed by atoms with Crippen LogP contribution in [0.3, 0.4) is 0 Å². The minimum absolute atomic E-state index is 0.186. The molecule has 0 rings (SSSR count). The van der Waals surface area contributed by atoms with Gasteiger partial charge in [0.05, 0.1) is 25.2 Å². The first-order chi connectivity index (χ1) is 13.7. The van der Waals surface area contributed by atoms with Crippen LogP contribution in [0.2, 0.25) is 6.04 Å². The summed E-state index contributed by atoms with van der Waals surface area (Å²) in [5.74, 6) is -0.270. The van der Waals surface area contributed by atoms with Crippen LogP contribution in [0.15, 0.2) is 0 Å². The van der Waals surface area contributed by atoms with Crippen molar-refractivity contribution in [1.82, 2.24) is 5.32 Å². The second-order valence-corrected chi connectivity index (χ2v) is 9.88. The third-order valence-corrected chi connectivity index (χ3v) is 6.69. The zero-order chi connectivity index (χ0) is 22.2. The maximum atomic E-state index is 11.7. The molecule has 0 aromatic carbocycles. The Hall–Kier alpha value is -1.20. The van der Waals surface area contributed by atoms with Crippen LogP contribution in [0.4, 0.5) is 4.79 Å². The number of amides is 1. The standard InChI is InChI=1S/C19H39NO8Si/c1-7-26-29(27-8-2,28-9-3)16-10-12-25-18(22)20-11-13-23-14-15-24-17(21)19(4,5)6/h7-16H2,1-6H3,(H,20,22). The average molecular weight is 438 g/mol. The van der Waals surface area contributed by atoms with E-state index in [9.17, 15) is 9.59 Å². The van der Waals surface area contributed by atoms with Gasteiger partial charge in [-0.15, -0.1) is 0 Å². The Kier molecular flexibility index (Phi) is 15.0. The smallest absolute Gasteiger partial charge is 0.463 e. The number of esters is 1. The Balaban J connectivity index is 3.84. The maximum absolute atomic E-state index is 11.7. The van der Waals surface area contributed by atoms with Crippen LogP contribution < -0.4 is 5.32 Å². The Bertz CT molecular complexity index is 439. The molecule has 0 heterocycles. The van der Waals surface area contributed by atoms with Crippen LogP contribution in [-0.2, 0) is 32.3 Å². The van der Waals surface area contributed by atoms with Crippen molar-refractivity contribution >= 4 is 20.9 Å². The van der Waals surface area contributed by atoms with Gasteiger partial charge in [-0.1, -0.05) is 0 Å². The monoisotopic (exact) mass is 437 g/mol. The summed E-state index contributed by atoms with van der Waals surface area (Å²) in [6, 6.07) is 0.589. The molecule has 172 valence electrons. The molecule has 0 unspecified atom stereocenters. The summed E-state index contributed by atoms with van der Waals surface area (Å²) in [4.78, 5) is 23.3. The van der Waals surface area contributed by atoms with Crippen LogP contribution in [-0.4, -0.2) is 73.7 Å². The molecule has 0 bridgehead atoms. The minimum Gasteiger partial charge on any atom is -0.463 e. The molecule has 1 N–H and O–H groups in total. The third-order valence-electron chi connectivity index (χ3n) is 3.54. The number of nitrogens with one attached hydrogen (secondary N) is 1. The fourth-order valence-corrected chi connectivity index (χ4v) is 4.82. The maximum Gasteiger partial charge on any atom is 0.501 e. The highest BCUT2D eigenvalue weighted by molar-refractivity contribution is 6.60. The van der Waals surface area contributed by atoms with Crippen molar-refractivity contribution < 1.29 is 37.1 Å². The zero-order valence-corrected chi connectivity index (χ0v) is 19.8. The minimum atomic E-state index is -2.70. The number of rotatable bonds is 16. The molecule has 0 atom stereocenters. The van der Waals surface area contributed by atoms with Crippen LogP contribution in [0.1, 0.15) is 48.0 Å². The van der Waals surface area contributed by atoms with Gasteiger partial charge in [0.25, 0.3) is 0 Å². The Labute approximate surface area is 176 Å². The van der Waals surface area contributed by atoms with Gasteiger partial charge >= 0.3 is 20.9 Å². The molecular weight excluding hydrogens is 398 g/mol. The number of alkyl carbamates (subject to hydrolysis) is 1. The van der Waals surface area contributed by atoms with Crippen molar-refractivity contribution in [3.8, 4) is 0 Å². The van der Waals surface area contributed by atoms with Crippen molar-refractivity contribution in [2.24, 2.45) is 5.41 Å². The number of carbonyl (C=O) groups is 2. The van der Waals surface area contributed by atoms with Gasteiger partial charge in [0, 0.05) is 32.4 Å². The lowest BCUT2D eigenvalue weighted by molar-refractivity contribution is -0.154. The summed E-state index contributed by atoms with van der Waals surface area (Å²) in [6.45, 7) is 13.9. The first-order valence-corrected chi connectivity index (χ1v) is 12.2. The van der Waals surface area contributed by atoms with Gasteiger partial charge in [-0.05, 0) is 48.0 Å². The van der Waals surface area contributed by atoms with Crippen molar-refractivity contribution in [2.45, 2.75) is 54.0 Å². The Morgan fingerprint density at radius 3 is 1.93 bits per heavy atom. The fraction of sp³-hybridized carbons (Fsp3) is 0.895. The highest BCUT2D eigenvalue weighted by Crippen LogP contribution is 2.18. The Morgan fingerprint density at radius 2 is 1.41 bits per heavy atom. The highest BCUT2D eigenvalue weighted by Gasteiger charge is 2.39. The second kappa shape index (κ2) is 15.6. The lowest BCUT2D eigenvalue weighted by atomic mass is 9.97. The number of hydrogen-bond acceptors (Lipinski definition) is 8. The molecule has 1 amide bonds. The molecule has 0 spiro atoms. The van der Waals surface area contributed by atoms with Gasteiger partial charge in [-0.25, -0.2) is 4.79 Å². The summed E-state index contributed by atoms with van der Waals surface area (Å²) in [6.07, 6.45) is 0.0826. The molecule has 0 saturated carbocycles. The summed E-state index contributed by atoms with van der Waals surface area (Å²) < 4.78 is 32.8. The normalized spacial score (nSPS) is 11.9. The third kappa shape index (κ3) is 13.6. The Morgan fingerprint density at radius 1 is 0.828 bits per heavy atom. The van der Waals surface area contributed by atoms with Crippen LogP contribution in [0.5, 0.6) is 0 Å². The molecule has 29 heavy (non-hydrogen) atoms. The lowest BCUT2D eigenvalue weighted by Crippen LogP contribution is -2.46. The van der Waals surface area contributed by atoms with Gasteiger partial charge < -0.3 is 32.8 Å². The average Bonchev–Trinajstić information content (AvgIpc) is 2.64. The molecule has 0 aliphatic heterocycles. The molecule has 0 aliphatic rings. The van der Waals surface area contributed by atoms with Crippen LogP contribution in [0.25, 0.3) is 0 Å². The molecule has 0 aromatic heterocycles. The van der Waals surface area contributed by atoms with E-state index in [-0.39, 0.29) is 25.8 Å². The predicted molar refractivity (Wildman–Crippen MR) is 111 cm³/mol. The van der Waals surface area contributed by atoms with E-state index in [4.69, 9.17) is 27.5 Å². The summed E-state index contributed by atoms with van der Waals surface area (Å²) in [5.41, 5.74) is -0.526. The highest BCUT2D eigenvalue weighted by atomic mass is 28.4. The lowest BCUT2D eigenvalue weighted by Gasteiger charge is -2.28. The van der Waals surface area contributed by atoms with E-state index in [1.165, 1.54) is 0 Å². The van der Waals surface area contributed by atoms with Crippen molar-refractivity contribution in [3.63, 3.8) is 0 Å². The van der Waals surface area contributed by atoms with Crippen molar-refractivity contribution in [2.75, 3.05) is 52.8 Å². The summed E-state index contributed by atoms with van der Waals surface area (Å²) in [5, 5.41) is 2.60. The first-order valence-electron chi connectivity index (χ1n) is 10.3. The number of carbonyl (C=O) groups excluding carboxylic acids is 2. The second-order valence-electron chi connectivity index (χ2n) is 7.15. The SMILES string of the molecule is CCO[Si](CCCOC(=O)NCCOCCOC(=O)C(C)(C)C)(OCC)OCC. The van der Waals surface area contributed by atoms with E-state index < -0.39 is 20.3 Å². The van der Waals surface area contributed by atoms with Crippen molar-refractivity contribution in [3.05, 3.63) is 0 Å². The van der Waals surface area contributed by atoms with E-state index in [0.717, 1.165) is 0 Å². The summed E-state index contributed by atoms with van der Waals surface area (Å²) >= 11 is 0.